The number of rotatable bonds is 3. The molecule has 0 fully saturated rings. The fourth-order valence-corrected chi connectivity index (χ4v) is 1.39. The topological polar surface area (TPSA) is 49.5 Å². The Morgan fingerprint density at radius 3 is 2.50 bits per heavy atom. The minimum Gasteiger partial charge on any atom is -0.376 e. The van der Waals surface area contributed by atoms with E-state index in [1.807, 2.05) is 30.3 Å². The van der Waals surface area contributed by atoms with Gasteiger partial charge in [-0.25, -0.2) is 0 Å². The number of nitrogens with two attached hydrogens (primary N) is 1. The van der Waals surface area contributed by atoms with Gasteiger partial charge in [-0.1, -0.05) is 30.3 Å². The van der Waals surface area contributed by atoms with Crippen molar-refractivity contribution < 1.29 is 5.11 Å². The highest BCUT2D eigenvalue weighted by Gasteiger charge is 2.11. The lowest BCUT2D eigenvalue weighted by atomic mass is 10.2. The number of hydrogen-bond donors (Lipinski definition) is 2. The van der Waals surface area contributed by atoms with E-state index in [2.05, 4.69) is 0 Å². The minimum absolute atomic E-state index is 0.212. The van der Waals surface area contributed by atoms with Crippen LogP contribution in [0.25, 0.3) is 0 Å². The summed E-state index contributed by atoms with van der Waals surface area (Å²) in [7, 11) is 0. The van der Waals surface area contributed by atoms with Gasteiger partial charge in [0.1, 0.15) is 6.23 Å². The van der Waals surface area contributed by atoms with E-state index in [0.717, 1.165) is 5.56 Å². The van der Waals surface area contributed by atoms with E-state index < -0.39 is 6.23 Å². The summed E-state index contributed by atoms with van der Waals surface area (Å²) in [6, 6.07) is 9.75. The summed E-state index contributed by atoms with van der Waals surface area (Å²) in [6.45, 7) is 2.18. The third-order valence-corrected chi connectivity index (χ3v) is 2.16. The lowest BCUT2D eigenvalue weighted by Crippen LogP contribution is -2.41. The van der Waals surface area contributed by atoms with Crippen LogP contribution >= 0.6 is 12.2 Å². The fraction of sp³-hybridized carbons (Fsp3) is 0.300. The highest BCUT2D eigenvalue weighted by molar-refractivity contribution is 7.80. The van der Waals surface area contributed by atoms with Crippen LogP contribution in [0, 0.1) is 0 Å². The molecule has 1 aromatic carbocycles. The van der Waals surface area contributed by atoms with Gasteiger partial charge in [0, 0.05) is 6.54 Å². The Bertz CT molecular complexity index is 300. The van der Waals surface area contributed by atoms with E-state index in [1.54, 1.807) is 11.8 Å². The Morgan fingerprint density at radius 1 is 1.50 bits per heavy atom. The van der Waals surface area contributed by atoms with E-state index in [1.165, 1.54) is 0 Å². The highest BCUT2D eigenvalue weighted by atomic mass is 32.1. The van der Waals surface area contributed by atoms with Gasteiger partial charge < -0.3 is 15.7 Å². The van der Waals surface area contributed by atoms with Crippen LogP contribution in [0.15, 0.2) is 30.3 Å². The molecule has 14 heavy (non-hydrogen) atoms. The zero-order chi connectivity index (χ0) is 10.6. The molecule has 76 valence electrons. The van der Waals surface area contributed by atoms with Crippen LogP contribution in [-0.4, -0.2) is 21.3 Å². The number of aliphatic hydroxyl groups excluding tert-OH is 1. The lowest BCUT2D eigenvalue weighted by molar-refractivity contribution is 0.0667. The molecule has 0 aliphatic rings. The molecule has 1 unspecified atom stereocenters. The van der Waals surface area contributed by atoms with Crippen molar-refractivity contribution in [1.82, 2.24) is 4.90 Å². The molecule has 0 radical (unpaired) electrons. The molecule has 0 aromatic heterocycles. The molecule has 0 amide bonds. The van der Waals surface area contributed by atoms with E-state index >= 15 is 0 Å². The van der Waals surface area contributed by atoms with Gasteiger partial charge in [0.25, 0.3) is 0 Å². The monoisotopic (exact) mass is 210 g/mol. The average Bonchev–Trinajstić information content (AvgIpc) is 2.15. The molecule has 1 rings (SSSR count). The summed E-state index contributed by atoms with van der Waals surface area (Å²) in [6.07, 6.45) is -0.660. The molecule has 0 aliphatic carbocycles. The Kier molecular flexibility index (Phi) is 3.85. The first-order chi connectivity index (χ1) is 6.61. The van der Waals surface area contributed by atoms with Gasteiger partial charge in [-0.05, 0) is 24.7 Å². The van der Waals surface area contributed by atoms with E-state index in [4.69, 9.17) is 18.0 Å². The summed E-state index contributed by atoms with van der Waals surface area (Å²) < 4.78 is 0. The molecule has 3 N–H and O–H groups in total. The maximum atomic E-state index is 9.40. The average molecular weight is 210 g/mol. The second-order valence-electron chi connectivity index (χ2n) is 3.08. The molecule has 0 bridgehead atoms. The SMILES string of the molecule is CC(O)N(Cc1ccccc1)C(N)=S. The number of aliphatic hydroxyl groups is 1. The minimum atomic E-state index is -0.660. The standard InChI is InChI=1S/C10H14N2OS/c1-8(13)12(10(11)14)7-9-5-3-2-4-6-9/h2-6,8,13H,7H2,1H3,(H2,11,14). The predicted molar refractivity (Wildman–Crippen MR) is 60.5 cm³/mol. The van der Waals surface area contributed by atoms with Crippen molar-refractivity contribution in [1.29, 1.82) is 0 Å². The fourth-order valence-electron chi connectivity index (χ4n) is 1.17. The van der Waals surface area contributed by atoms with Crippen LogP contribution < -0.4 is 5.73 Å². The molecule has 1 aromatic rings. The van der Waals surface area contributed by atoms with Gasteiger partial charge in [0.15, 0.2) is 5.11 Å². The first-order valence-electron chi connectivity index (χ1n) is 4.39. The van der Waals surface area contributed by atoms with Crippen LogP contribution in [0.2, 0.25) is 0 Å². The van der Waals surface area contributed by atoms with Crippen molar-refractivity contribution in [3.8, 4) is 0 Å². The molecule has 0 saturated heterocycles. The Morgan fingerprint density at radius 2 is 2.07 bits per heavy atom. The zero-order valence-electron chi connectivity index (χ0n) is 8.05. The van der Waals surface area contributed by atoms with Crippen molar-refractivity contribution in [2.24, 2.45) is 5.73 Å². The molecule has 0 spiro atoms. The van der Waals surface area contributed by atoms with Crippen LogP contribution in [-0.2, 0) is 6.54 Å². The molecule has 4 heteroatoms. The summed E-state index contributed by atoms with van der Waals surface area (Å²) in [5.74, 6) is 0. The van der Waals surface area contributed by atoms with E-state index in [0.29, 0.717) is 6.54 Å². The van der Waals surface area contributed by atoms with Gasteiger partial charge in [-0.3, -0.25) is 0 Å². The second-order valence-corrected chi connectivity index (χ2v) is 3.50. The highest BCUT2D eigenvalue weighted by Crippen LogP contribution is 2.06. The third kappa shape index (κ3) is 2.97. The number of benzene rings is 1. The van der Waals surface area contributed by atoms with Crippen molar-refractivity contribution in [3.05, 3.63) is 35.9 Å². The molecule has 1 atom stereocenters. The van der Waals surface area contributed by atoms with Crippen molar-refractivity contribution in [2.45, 2.75) is 19.7 Å². The van der Waals surface area contributed by atoms with Gasteiger partial charge in [0.2, 0.25) is 0 Å². The number of hydrogen-bond acceptors (Lipinski definition) is 2. The Hall–Kier alpha value is -1.13. The normalized spacial score (nSPS) is 12.1. The van der Waals surface area contributed by atoms with Crippen LogP contribution in [0.4, 0.5) is 0 Å². The van der Waals surface area contributed by atoms with Gasteiger partial charge >= 0.3 is 0 Å². The maximum Gasteiger partial charge on any atom is 0.168 e. The zero-order valence-corrected chi connectivity index (χ0v) is 8.87. The summed E-state index contributed by atoms with van der Waals surface area (Å²) in [4.78, 5) is 1.56. The van der Waals surface area contributed by atoms with Crippen molar-refractivity contribution >= 4 is 17.3 Å². The number of thiocarbonyl (C=S) groups is 1. The van der Waals surface area contributed by atoms with Gasteiger partial charge in [-0.15, -0.1) is 0 Å². The van der Waals surface area contributed by atoms with Crippen molar-refractivity contribution in [2.75, 3.05) is 0 Å². The van der Waals surface area contributed by atoms with Crippen molar-refractivity contribution in [3.63, 3.8) is 0 Å². The Labute approximate surface area is 89.1 Å². The van der Waals surface area contributed by atoms with Gasteiger partial charge in [0.05, 0.1) is 0 Å². The summed E-state index contributed by atoms with van der Waals surface area (Å²) in [5.41, 5.74) is 6.55. The molecule has 0 aliphatic heterocycles. The largest absolute Gasteiger partial charge is 0.376 e. The summed E-state index contributed by atoms with van der Waals surface area (Å²) in [5, 5.41) is 9.61. The summed E-state index contributed by atoms with van der Waals surface area (Å²) >= 11 is 4.84. The predicted octanol–water partition coefficient (Wildman–Crippen LogP) is 1.07. The second kappa shape index (κ2) is 4.93. The Balaban J connectivity index is 2.70. The van der Waals surface area contributed by atoms with E-state index in [9.17, 15) is 5.11 Å². The molecular formula is C10H14N2OS. The smallest absolute Gasteiger partial charge is 0.168 e. The van der Waals surface area contributed by atoms with Crippen LogP contribution in [0.3, 0.4) is 0 Å². The number of nitrogens with zero attached hydrogens (tertiary/aromatic N) is 1. The molecule has 3 nitrogen and oxygen atoms in total. The van der Waals surface area contributed by atoms with Crippen LogP contribution in [0.5, 0.6) is 0 Å². The van der Waals surface area contributed by atoms with E-state index in [-0.39, 0.29) is 5.11 Å². The van der Waals surface area contributed by atoms with Gasteiger partial charge in [-0.2, -0.15) is 0 Å². The molecule has 0 heterocycles. The first-order valence-corrected chi connectivity index (χ1v) is 4.80. The van der Waals surface area contributed by atoms with Crippen LogP contribution in [0.1, 0.15) is 12.5 Å². The molecular weight excluding hydrogens is 196 g/mol. The maximum absolute atomic E-state index is 9.40. The quantitative estimate of drug-likeness (QED) is 0.579. The molecule has 0 saturated carbocycles. The third-order valence-electron chi connectivity index (χ3n) is 1.93. The first kappa shape index (κ1) is 10.9. The lowest BCUT2D eigenvalue weighted by Gasteiger charge is -2.25.